The normalized spacial score (nSPS) is 28.9. The molecule has 0 aromatic rings. The van der Waals surface area contributed by atoms with Crippen molar-refractivity contribution < 1.29 is 14.4 Å². The first kappa shape index (κ1) is 20.3. The van der Waals surface area contributed by atoms with Crippen LogP contribution in [-0.4, -0.2) is 109 Å². The summed E-state index contributed by atoms with van der Waals surface area (Å²) in [6.45, 7) is 7.74. The number of carbonyl (C=O) groups excluding carboxylic acids is 3. The Morgan fingerprint density at radius 1 is 0.897 bits per heavy atom. The molecule has 4 saturated heterocycles. The highest BCUT2D eigenvalue weighted by Gasteiger charge is 2.66. The lowest BCUT2D eigenvalue weighted by Crippen LogP contribution is -2.55. The molecule has 0 unspecified atom stereocenters. The van der Waals surface area contributed by atoms with Crippen LogP contribution in [0.5, 0.6) is 0 Å². The summed E-state index contributed by atoms with van der Waals surface area (Å²) in [5, 5.41) is 0. The molecule has 0 aromatic carbocycles. The van der Waals surface area contributed by atoms with E-state index in [1.165, 1.54) is 0 Å². The third-order valence-electron chi connectivity index (χ3n) is 7.88. The fourth-order valence-corrected chi connectivity index (χ4v) is 6.13. The van der Waals surface area contributed by atoms with Gasteiger partial charge in [0.2, 0.25) is 5.91 Å². The monoisotopic (exact) mass is 405 g/mol. The van der Waals surface area contributed by atoms with Gasteiger partial charge in [0, 0.05) is 71.9 Å². The Bertz CT molecular complexity index is 682. The van der Waals surface area contributed by atoms with Gasteiger partial charge in [-0.1, -0.05) is 0 Å². The van der Waals surface area contributed by atoms with Gasteiger partial charge in [0.15, 0.2) is 0 Å². The number of fused-ring (bicyclic) bond motifs is 1. The van der Waals surface area contributed by atoms with Crippen LogP contribution >= 0.6 is 0 Å². The molecular weight excluding hydrogens is 370 g/mol. The molecule has 162 valence electrons. The number of likely N-dealkylation sites (tertiary alicyclic amines) is 4. The van der Waals surface area contributed by atoms with Crippen molar-refractivity contribution in [3.05, 3.63) is 0 Å². The van der Waals surface area contributed by atoms with Gasteiger partial charge in [0.25, 0.3) is 0 Å². The van der Waals surface area contributed by atoms with Crippen LogP contribution in [0.4, 0.5) is 9.59 Å². The van der Waals surface area contributed by atoms with E-state index in [1.54, 1.807) is 19.0 Å². The molecule has 1 atom stereocenters. The van der Waals surface area contributed by atoms with Crippen LogP contribution in [0.15, 0.2) is 0 Å². The zero-order valence-corrected chi connectivity index (χ0v) is 18.2. The van der Waals surface area contributed by atoms with Gasteiger partial charge < -0.3 is 24.5 Å². The van der Waals surface area contributed by atoms with Crippen LogP contribution in [0, 0.1) is 10.8 Å². The van der Waals surface area contributed by atoms with Gasteiger partial charge in [-0.2, -0.15) is 0 Å². The lowest BCUT2D eigenvalue weighted by atomic mass is 9.60. The summed E-state index contributed by atoms with van der Waals surface area (Å²) < 4.78 is 0. The topological polar surface area (TPSA) is 67.4 Å². The van der Waals surface area contributed by atoms with Crippen molar-refractivity contribution in [1.82, 2.24) is 24.5 Å². The standard InChI is InChI=1S/C21H35N5O3/c1-4-23-14-9-21(17(23)27)16-26(18(28)22(2)3)15-20(21)7-12-25(13-8-20)19(29)24-10-5-6-11-24/h4-16H2,1-3H3/t21-/m1/s1. The lowest BCUT2D eigenvalue weighted by Gasteiger charge is -2.47. The second-order valence-corrected chi connectivity index (χ2v) is 9.49. The molecule has 4 aliphatic rings. The number of rotatable bonds is 1. The second kappa shape index (κ2) is 7.36. The fraction of sp³-hybridized carbons (Fsp3) is 0.857. The van der Waals surface area contributed by atoms with Crippen LogP contribution in [-0.2, 0) is 4.79 Å². The van der Waals surface area contributed by atoms with Crippen LogP contribution < -0.4 is 0 Å². The first-order valence-corrected chi connectivity index (χ1v) is 11.1. The summed E-state index contributed by atoms with van der Waals surface area (Å²) in [5.74, 6) is 0.216. The van der Waals surface area contributed by atoms with Crippen molar-refractivity contribution in [3.63, 3.8) is 0 Å². The van der Waals surface area contributed by atoms with E-state index in [0.29, 0.717) is 26.2 Å². The van der Waals surface area contributed by atoms with Crippen molar-refractivity contribution in [1.29, 1.82) is 0 Å². The van der Waals surface area contributed by atoms with Crippen molar-refractivity contribution in [2.24, 2.45) is 10.8 Å². The lowest BCUT2D eigenvalue weighted by molar-refractivity contribution is -0.141. The third kappa shape index (κ3) is 3.06. The SMILES string of the molecule is CCN1CC[C@@]2(CN(C(=O)N(C)C)CC23CCN(C(=O)N2CCCC2)CC3)C1=O. The van der Waals surface area contributed by atoms with Gasteiger partial charge in [0.05, 0.1) is 5.41 Å². The van der Waals surface area contributed by atoms with E-state index in [9.17, 15) is 14.4 Å². The maximum atomic E-state index is 13.5. The van der Waals surface area contributed by atoms with E-state index in [-0.39, 0.29) is 23.4 Å². The average Bonchev–Trinajstić information content (AvgIpc) is 3.42. The number of urea groups is 2. The first-order valence-electron chi connectivity index (χ1n) is 11.1. The summed E-state index contributed by atoms with van der Waals surface area (Å²) in [5.41, 5.74) is -0.709. The van der Waals surface area contributed by atoms with Crippen molar-refractivity contribution >= 4 is 18.0 Å². The predicted octanol–water partition coefficient (Wildman–Crippen LogP) is 1.52. The van der Waals surface area contributed by atoms with Gasteiger partial charge in [-0.3, -0.25) is 4.79 Å². The minimum atomic E-state index is -0.489. The largest absolute Gasteiger partial charge is 0.342 e. The Morgan fingerprint density at radius 3 is 2.07 bits per heavy atom. The van der Waals surface area contributed by atoms with E-state index in [2.05, 4.69) is 0 Å². The minimum Gasteiger partial charge on any atom is -0.342 e. The molecule has 8 heteroatoms. The van der Waals surface area contributed by atoms with Crippen molar-refractivity contribution in [2.75, 3.05) is 66.5 Å². The predicted molar refractivity (Wildman–Crippen MR) is 109 cm³/mol. The average molecular weight is 406 g/mol. The summed E-state index contributed by atoms with van der Waals surface area (Å²) in [7, 11) is 3.54. The highest BCUT2D eigenvalue weighted by atomic mass is 16.2. The number of hydrogen-bond donors (Lipinski definition) is 0. The zero-order valence-electron chi connectivity index (χ0n) is 18.2. The van der Waals surface area contributed by atoms with Crippen molar-refractivity contribution in [3.8, 4) is 0 Å². The number of carbonyl (C=O) groups is 3. The highest BCUT2D eigenvalue weighted by molar-refractivity contribution is 5.88. The number of piperidine rings is 1. The minimum absolute atomic E-state index is 0.0143. The van der Waals surface area contributed by atoms with E-state index < -0.39 is 5.41 Å². The highest BCUT2D eigenvalue weighted by Crippen LogP contribution is 2.58. The number of hydrogen-bond acceptors (Lipinski definition) is 3. The maximum absolute atomic E-state index is 13.5. The summed E-state index contributed by atoms with van der Waals surface area (Å²) in [6, 6.07) is 0.137. The molecule has 5 amide bonds. The van der Waals surface area contributed by atoms with Gasteiger partial charge in [-0.15, -0.1) is 0 Å². The van der Waals surface area contributed by atoms with Gasteiger partial charge in [0.1, 0.15) is 0 Å². The molecule has 0 saturated carbocycles. The molecule has 0 radical (unpaired) electrons. The van der Waals surface area contributed by atoms with Gasteiger partial charge in [-0.05, 0) is 39.0 Å². The Morgan fingerprint density at radius 2 is 1.52 bits per heavy atom. The molecule has 0 N–H and O–H groups in total. The fourth-order valence-electron chi connectivity index (χ4n) is 6.13. The molecule has 29 heavy (non-hydrogen) atoms. The molecule has 4 fully saturated rings. The molecule has 0 aromatic heterocycles. The quantitative estimate of drug-likeness (QED) is 0.664. The van der Waals surface area contributed by atoms with Crippen LogP contribution in [0.2, 0.25) is 0 Å². The summed E-state index contributed by atoms with van der Waals surface area (Å²) >= 11 is 0. The van der Waals surface area contributed by atoms with Gasteiger partial charge >= 0.3 is 12.1 Å². The van der Waals surface area contributed by atoms with Gasteiger partial charge in [-0.25, -0.2) is 9.59 Å². The van der Waals surface area contributed by atoms with Crippen molar-refractivity contribution in [2.45, 2.75) is 39.0 Å². The zero-order chi connectivity index (χ0) is 20.8. The van der Waals surface area contributed by atoms with Crippen LogP contribution in [0.25, 0.3) is 0 Å². The molecule has 4 heterocycles. The molecule has 4 aliphatic heterocycles. The Balaban J connectivity index is 1.56. The second-order valence-electron chi connectivity index (χ2n) is 9.49. The van der Waals surface area contributed by atoms with E-state index in [4.69, 9.17) is 0 Å². The third-order valence-corrected chi connectivity index (χ3v) is 7.88. The maximum Gasteiger partial charge on any atom is 0.319 e. The van der Waals surface area contributed by atoms with E-state index >= 15 is 0 Å². The molecule has 8 nitrogen and oxygen atoms in total. The van der Waals surface area contributed by atoms with E-state index in [0.717, 1.165) is 58.3 Å². The molecule has 0 bridgehead atoms. The van der Waals surface area contributed by atoms with Crippen LogP contribution in [0.3, 0.4) is 0 Å². The Kier molecular flexibility index (Phi) is 5.15. The molecular formula is C21H35N5O3. The smallest absolute Gasteiger partial charge is 0.319 e. The number of amides is 5. The first-order chi connectivity index (χ1) is 13.8. The Labute approximate surface area is 173 Å². The molecule has 4 rings (SSSR count). The summed E-state index contributed by atoms with van der Waals surface area (Å²) in [6.07, 6.45) is 4.60. The Hall–Kier alpha value is -1.99. The van der Waals surface area contributed by atoms with E-state index in [1.807, 2.05) is 26.5 Å². The summed E-state index contributed by atoms with van der Waals surface area (Å²) in [4.78, 5) is 48.5. The molecule has 0 aliphatic carbocycles. The molecule has 2 spiro atoms. The number of nitrogens with zero attached hydrogens (tertiary/aromatic N) is 5. The van der Waals surface area contributed by atoms with Crippen LogP contribution in [0.1, 0.15) is 39.0 Å².